The lowest BCUT2D eigenvalue weighted by Crippen LogP contribution is -2.52. The molecule has 26 heavy (non-hydrogen) atoms. The van der Waals surface area contributed by atoms with Gasteiger partial charge in [0, 0.05) is 26.0 Å². The van der Waals surface area contributed by atoms with Gasteiger partial charge in [-0.25, -0.2) is 0 Å². The monoisotopic (exact) mass is 363 g/mol. The van der Waals surface area contributed by atoms with Crippen LogP contribution in [0.1, 0.15) is 39.0 Å². The first-order valence-electron chi connectivity index (χ1n) is 9.80. The topological polar surface area (TPSA) is 65.1 Å². The van der Waals surface area contributed by atoms with Crippen LogP contribution >= 0.6 is 0 Å². The Labute approximate surface area is 154 Å². The predicted octanol–water partition coefficient (Wildman–Crippen LogP) is 1.93. The minimum Gasteiger partial charge on any atom is -0.383 e. The number of carbonyl (C=O) groups is 2. The molecule has 6 nitrogen and oxygen atoms in total. The van der Waals surface area contributed by atoms with Crippen LogP contribution in [0, 0.1) is 17.3 Å². The molecule has 0 unspecified atom stereocenters. The van der Waals surface area contributed by atoms with E-state index in [-0.39, 0.29) is 29.1 Å². The summed E-state index contributed by atoms with van der Waals surface area (Å²) in [7, 11) is 1.66. The summed E-state index contributed by atoms with van der Waals surface area (Å²) in [6.07, 6.45) is 5.88. The molecule has 4 atom stereocenters. The van der Waals surface area contributed by atoms with Crippen molar-refractivity contribution >= 4 is 11.7 Å². The fourth-order valence-electron chi connectivity index (χ4n) is 5.35. The van der Waals surface area contributed by atoms with E-state index in [0.29, 0.717) is 26.2 Å². The van der Waals surface area contributed by atoms with Gasteiger partial charge in [-0.1, -0.05) is 13.0 Å². The number of fused-ring (bicyclic) bond motifs is 1. The fourth-order valence-corrected chi connectivity index (χ4v) is 5.35. The van der Waals surface area contributed by atoms with E-state index in [1.165, 1.54) is 0 Å². The molecule has 0 aromatic heterocycles. The number of amides is 1. The Morgan fingerprint density at radius 3 is 2.88 bits per heavy atom. The van der Waals surface area contributed by atoms with E-state index < -0.39 is 12.2 Å². The molecule has 144 valence electrons. The Bertz CT molecular complexity index is 611. The highest BCUT2D eigenvalue weighted by Crippen LogP contribution is 2.55. The van der Waals surface area contributed by atoms with Crippen LogP contribution in [0.25, 0.3) is 0 Å². The van der Waals surface area contributed by atoms with Gasteiger partial charge in [0.1, 0.15) is 11.7 Å². The van der Waals surface area contributed by atoms with Crippen LogP contribution in [-0.4, -0.2) is 62.4 Å². The van der Waals surface area contributed by atoms with Gasteiger partial charge in [0.15, 0.2) is 6.29 Å². The van der Waals surface area contributed by atoms with Gasteiger partial charge in [-0.15, -0.1) is 0 Å². The third-order valence-electron chi connectivity index (χ3n) is 6.72. The molecule has 0 aromatic rings. The van der Waals surface area contributed by atoms with Crippen LogP contribution in [0.4, 0.5) is 0 Å². The molecule has 4 aliphatic rings. The normalized spacial score (nSPS) is 37.9. The van der Waals surface area contributed by atoms with Crippen molar-refractivity contribution in [3.8, 4) is 0 Å². The Kier molecular flexibility index (Phi) is 4.92. The summed E-state index contributed by atoms with van der Waals surface area (Å²) < 4.78 is 16.8. The Hall–Kier alpha value is -1.24. The standard InChI is InChI=1S/C20H29NO5/c1-20-7-5-14(19-25-10-11-26-19)17(20)16(15(22)6-8-20)18(23)21-9-3-4-13(21)12-24-2/h5,13,16-17,19H,3-4,6-12H2,1-2H3/t13-,16-,17+,20-/m0/s1. The summed E-state index contributed by atoms with van der Waals surface area (Å²) in [6.45, 7) is 4.60. The van der Waals surface area contributed by atoms with Gasteiger partial charge in [0.05, 0.1) is 25.9 Å². The third-order valence-corrected chi connectivity index (χ3v) is 6.72. The summed E-state index contributed by atoms with van der Waals surface area (Å²) in [5, 5.41) is 0. The van der Waals surface area contributed by atoms with Crippen LogP contribution in [0.2, 0.25) is 0 Å². The summed E-state index contributed by atoms with van der Waals surface area (Å²) in [4.78, 5) is 28.3. The Morgan fingerprint density at radius 2 is 2.15 bits per heavy atom. The van der Waals surface area contributed by atoms with Crippen molar-refractivity contribution in [2.24, 2.45) is 17.3 Å². The van der Waals surface area contributed by atoms with E-state index in [1.54, 1.807) is 7.11 Å². The lowest BCUT2D eigenvalue weighted by Gasteiger charge is -2.44. The molecule has 2 heterocycles. The molecule has 0 N–H and O–H groups in total. The average Bonchev–Trinajstić information content (AvgIpc) is 3.34. The van der Waals surface area contributed by atoms with E-state index in [0.717, 1.165) is 37.8 Å². The van der Waals surface area contributed by atoms with Crippen LogP contribution in [0.3, 0.4) is 0 Å². The van der Waals surface area contributed by atoms with Crippen LogP contribution in [0.5, 0.6) is 0 Å². The van der Waals surface area contributed by atoms with Crippen LogP contribution < -0.4 is 0 Å². The molecule has 4 rings (SSSR count). The summed E-state index contributed by atoms with van der Waals surface area (Å²) >= 11 is 0. The number of ketones is 1. The highest BCUT2D eigenvalue weighted by atomic mass is 16.7. The predicted molar refractivity (Wildman–Crippen MR) is 94.3 cm³/mol. The van der Waals surface area contributed by atoms with Gasteiger partial charge in [0.2, 0.25) is 5.91 Å². The Morgan fingerprint density at radius 1 is 1.38 bits per heavy atom. The molecule has 3 fully saturated rings. The van der Waals surface area contributed by atoms with E-state index in [4.69, 9.17) is 14.2 Å². The van der Waals surface area contributed by atoms with Crippen LogP contribution in [-0.2, 0) is 23.8 Å². The van der Waals surface area contributed by atoms with Crippen molar-refractivity contribution in [3.05, 3.63) is 11.6 Å². The van der Waals surface area contributed by atoms with Crippen molar-refractivity contribution in [3.63, 3.8) is 0 Å². The molecule has 0 bridgehead atoms. The first-order valence-corrected chi connectivity index (χ1v) is 9.80. The van der Waals surface area contributed by atoms with E-state index in [1.807, 2.05) is 4.90 Å². The quantitative estimate of drug-likeness (QED) is 0.564. The molecule has 1 saturated carbocycles. The molecular formula is C20H29NO5. The number of ether oxygens (including phenoxy) is 3. The van der Waals surface area contributed by atoms with Crippen molar-refractivity contribution in [1.82, 2.24) is 4.90 Å². The number of hydrogen-bond donors (Lipinski definition) is 0. The molecular weight excluding hydrogens is 334 g/mol. The number of Topliss-reactive ketones (excluding diaryl/α,β-unsaturated/α-hetero) is 1. The third kappa shape index (κ3) is 2.92. The molecule has 1 amide bonds. The Balaban J connectivity index is 1.63. The van der Waals surface area contributed by atoms with Crippen molar-refractivity contribution in [2.45, 2.75) is 51.4 Å². The molecule has 0 radical (unpaired) electrons. The number of hydrogen-bond acceptors (Lipinski definition) is 5. The molecule has 6 heteroatoms. The number of carbonyl (C=O) groups excluding carboxylic acids is 2. The number of likely N-dealkylation sites (tertiary alicyclic amines) is 1. The van der Waals surface area contributed by atoms with E-state index in [2.05, 4.69) is 13.0 Å². The zero-order valence-corrected chi connectivity index (χ0v) is 15.7. The molecule has 0 spiro atoms. The first-order chi connectivity index (χ1) is 12.5. The first kappa shape index (κ1) is 18.1. The van der Waals surface area contributed by atoms with E-state index in [9.17, 15) is 9.59 Å². The van der Waals surface area contributed by atoms with Gasteiger partial charge in [-0.3, -0.25) is 9.59 Å². The largest absolute Gasteiger partial charge is 0.383 e. The molecule has 2 aliphatic heterocycles. The minimum atomic E-state index is -0.604. The number of methoxy groups -OCH3 is 1. The second kappa shape index (κ2) is 7.06. The lowest BCUT2D eigenvalue weighted by molar-refractivity contribution is -0.150. The maximum Gasteiger partial charge on any atom is 0.234 e. The zero-order chi connectivity index (χ0) is 18.3. The van der Waals surface area contributed by atoms with Gasteiger partial charge in [0.25, 0.3) is 0 Å². The fraction of sp³-hybridized carbons (Fsp3) is 0.800. The van der Waals surface area contributed by atoms with Crippen LogP contribution in [0.15, 0.2) is 11.6 Å². The second-order valence-corrected chi connectivity index (χ2v) is 8.34. The highest BCUT2D eigenvalue weighted by Gasteiger charge is 2.56. The highest BCUT2D eigenvalue weighted by molar-refractivity contribution is 6.03. The summed E-state index contributed by atoms with van der Waals surface area (Å²) in [5.41, 5.74) is 0.953. The van der Waals surface area contributed by atoms with Gasteiger partial charge >= 0.3 is 0 Å². The van der Waals surface area contributed by atoms with Gasteiger partial charge < -0.3 is 19.1 Å². The SMILES string of the molecule is COC[C@@H]1CCCN1C(=O)[C@H]1C(=O)CC[C@]2(C)CC=C(C3OCCO3)[C@H]12. The summed E-state index contributed by atoms with van der Waals surface area (Å²) in [6, 6.07) is 0.0845. The molecule has 2 aliphatic carbocycles. The van der Waals surface area contributed by atoms with Gasteiger partial charge in [-0.05, 0) is 36.7 Å². The van der Waals surface area contributed by atoms with Gasteiger partial charge in [-0.2, -0.15) is 0 Å². The maximum atomic E-state index is 13.5. The zero-order valence-electron chi connectivity index (χ0n) is 15.7. The molecule has 2 saturated heterocycles. The van der Waals surface area contributed by atoms with Crippen molar-refractivity contribution < 1.29 is 23.8 Å². The van der Waals surface area contributed by atoms with Crippen molar-refractivity contribution in [1.29, 1.82) is 0 Å². The second-order valence-electron chi connectivity index (χ2n) is 8.34. The minimum absolute atomic E-state index is 0.0173. The maximum absolute atomic E-state index is 13.5. The number of rotatable bonds is 4. The molecule has 0 aromatic carbocycles. The number of allylic oxidation sites excluding steroid dienone is 1. The lowest BCUT2D eigenvalue weighted by atomic mass is 9.61. The van der Waals surface area contributed by atoms with Crippen molar-refractivity contribution in [2.75, 3.05) is 33.5 Å². The number of nitrogens with zero attached hydrogens (tertiary/aromatic N) is 1. The summed E-state index contributed by atoms with van der Waals surface area (Å²) in [5.74, 6) is -0.654. The van der Waals surface area contributed by atoms with E-state index >= 15 is 0 Å². The average molecular weight is 363 g/mol. The smallest absolute Gasteiger partial charge is 0.234 e.